The molecule has 0 bridgehead atoms. The van der Waals surface area contributed by atoms with Gasteiger partial charge < -0.3 is 10.1 Å². The Morgan fingerprint density at radius 2 is 1.76 bits per heavy atom. The molecule has 0 saturated carbocycles. The van der Waals surface area contributed by atoms with E-state index in [4.69, 9.17) is 4.74 Å². The van der Waals surface area contributed by atoms with Crippen LogP contribution in [-0.2, 0) is 34.2 Å². The second kappa shape index (κ2) is 10.3. The highest BCUT2D eigenvalue weighted by molar-refractivity contribution is 7.92. The number of sulfonamides is 1. The van der Waals surface area contributed by atoms with Gasteiger partial charge in [-0.2, -0.15) is 0 Å². The molecular formula is C22H30N2O4S. The Morgan fingerprint density at radius 3 is 2.38 bits per heavy atom. The van der Waals surface area contributed by atoms with Crippen molar-refractivity contribution in [3.05, 3.63) is 59.2 Å². The molecule has 0 radical (unpaired) electrons. The number of rotatable bonds is 10. The molecule has 29 heavy (non-hydrogen) atoms. The minimum absolute atomic E-state index is 0.308. The number of aryl methyl sites for hydroxylation is 2. The molecule has 2 aromatic rings. The standard InChI is InChI=1S/C22H30N2O4S/c1-5-17-12-13-18(6-2)19(14-17)15-23-22(25)16-24(29(4,26)27)20-10-8-9-11-21(20)28-7-3/h8-14H,5-7,15-16H2,1-4H3,(H,23,25). The Hall–Kier alpha value is -2.54. The highest BCUT2D eigenvalue weighted by atomic mass is 32.2. The number of nitrogens with zero attached hydrogens (tertiary/aromatic N) is 1. The van der Waals surface area contributed by atoms with Crippen molar-refractivity contribution in [1.29, 1.82) is 0 Å². The Labute approximate surface area is 173 Å². The summed E-state index contributed by atoms with van der Waals surface area (Å²) in [5.74, 6) is 0.0582. The van der Waals surface area contributed by atoms with Crippen molar-refractivity contribution >= 4 is 21.6 Å². The minimum Gasteiger partial charge on any atom is -0.492 e. The molecule has 2 aromatic carbocycles. The third-order valence-corrected chi connectivity index (χ3v) is 5.78. The van der Waals surface area contributed by atoms with Gasteiger partial charge in [0.25, 0.3) is 0 Å². The van der Waals surface area contributed by atoms with Gasteiger partial charge in [0.15, 0.2) is 0 Å². The first-order chi connectivity index (χ1) is 13.8. The highest BCUT2D eigenvalue weighted by Gasteiger charge is 2.23. The second-order valence-electron chi connectivity index (χ2n) is 6.76. The van der Waals surface area contributed by atoms with Crippen LogP contribution in [0.4, 0.5) is 5.69 Å². The van der Waals surface area contributed by atoms with Gasteiger partial charge in [-0.15, -0.1) is 0 Å². The summed E-state index contributed by atoms with van der Waals surface area (Å²) < 4.78 is 31.4. The second-order valence-corrected chi connectivity index (χ2v) is 8.66. The number of hydrogen-bond donors (Lipinski definition) is 1. The van der Waals surface area contributed by atoms with E-state index in [9.17, 15) is 13.2 Å². The molecule has 1 amide bonds. The lowest BCUT2D eigenvalue weighted by molar-refractivity contribution is -0.119. The van der Waals surface area contributed by atoms with Crippen molar-refractivity contribution in [2.45, 2.75) is 40.2 Å². The first kappa shape index (κ1) is 22.7. The largest absolute Gasteiger partial charge is 0.492 e. The fourth-order valence-electron chi connectivity index (χ4n) is 3.11. The average Bonchev–Trinajstić information content (AvgIpc) is 2.70. The predicted molar refractivity (Wildman–Crippen MR) is 117 cm³/mol. The summed E-state index contributed by atoms with van der Waals surface area (Å²) in [6.45, 7) is 6.43. The summed E-state index contributed by atoms with van der Waals surface area (Å²) in [4.78, 5) is 12.6. The zero-order chi connectivity index (χ0) is 21.4. The molecule has 7 heteroatoms. The molecule has 0 aliphatic carbocycles. The van der Waals surface area contributed by atoms with Gasteiger partial charge in [-0.3, -0.25) is 9.10 Å². The van der Waals surface area contributed by atoms with E-state index in [1.807, 2.05) is 6.92 Å². The topological polar surface area (TPSA) is 75.7 Å². The number of carbonyl (C=O) groups excluding carboxylic acids is 1. The fourth-order valence-corrected chi connectivity index (χ4v) is 3.97. The van der Waals surface area contributed by atoms with Gasteiger partial charge in [0.2, 0.25) is 15.9 Å². The molecule has 0 spiro atoms. The number of carbonyl (C=O) groups is 1. The van der Waals surface area contributed by atoms with Crippen LogP contribution in [0, 0.1) is 0 Å². The van der Waals surface area contributed by atoms with E-state index in [1.54, 1.807) is 24.3 Å². The lowest BCUT2D eigenvalue weighted by atomic mass is 10.0. The first-order valence-corrected chi connectivity index (χ1v) is 11.7. The number of hydrogen-bond acceptors (Lipinski definition) is 4. The number of nitrogens with one attached hydrogen (secondary N) is 1. The van der Waals surface area contributed by atoms with E-state index in [0.29, 0.717) is 24.6 Å². The number of benzene rings is 2. The smallest absolute Gasteiger partial charge is 0.241 e. The van der Waals surface area contributed by atoms with Crippen molar-refractivity contribution in [3.63, 3.8) is 0 Å². The van der Waals surface area contributed by atoms with Gasteiger partial charge in [-0.05, 0) is 48.6 Å². The Morgan fingerprint density at radius 1 is 1.03 bits per heavy atom. The summed E-state index contributed by atoms with van der Waals surface area (Å²) >= 11 is 0. The summed E-state index contributed by atoms with van der Waals surface area (Å²) in [6, 6.07) is 13.1. The lowest BCUT2D eigenvalue weighted by Gasteiger charge is -2.24. The molecule has 0 saturated heterocycles. The van der Waals surface area contributed by atoms with E-state index in [1.165, 1.54) is 11.1 Å². The minimum atomic E-state index is -3.67. The van der Waals surface area contributed by atoms with Crippen LogP contribution in [0.2, 0.25) is 0 Å². The van der Waals surface area contributed by atoms with E-state index in [0.717, 1.165) is 29.0 Å². The molecule has 6 nitrogen and oxygen atoms in total. The number of ether oxygens (including phenoxy) is 1. The highest BCUT2D eigenvalue weighted by Crippen LogP contribution is 2.29. The van der Waals surface area contributed by atoms with Crippen LogP contribution in [0.15, 0.2) is 42.5 Å². The van der Waals surface area contributed by atoms with Gasteiger partial charge in [0, 0.05) is 6.54 Å². The van der Waals surface area contributed by atoms with Crippen LogP contribution < -0.4 is 14.4 Å². The molecule has 0 fully saturated rings. The third kappa shape index (κ3) is 6.22. The van der Waals surface area contributed by atoms with Crippen molar-refractivity contribution in [1.82, 2.24) is 5.32 Å². The molecular weight excluding hydrogens is 388 g/mol. The van der Waals surface area contributed by atoms with Crippen LogP contribution in [0.5, 0.6) is 5.75 Å². The van der Waals surface area contributed by atoms with Crippen LogP contribution in [0.25, 0.3) is 0 Å². The summed E-state index contributed by atoms with van der Waals surface area (Å²) in [7, 11) is -3.67. The van der Waals surface area contributed by atoms with Crippen molar-refractivity contribution in [3.8, 4) is 5.75 Å². The third-order valence-electron chi connectivity index (χ3n) is 4.66. The van der Waals surface area contributed by atoms with E-state index in [-0.39, 0.29) is 12.5 Å². The van der Waals surface area contributed by atoms with E-state index < -0.39 is 10.0 Å². The first-order valence-electron chi connectivity index (χ1n) is 9.87. The Kier molecular flexibility index (Phi) is 8.08. The number of anilines is 1. The Bertz CT molecular complexity index is 942. The Balaban J connectivity index is 2.19. The molecule has 1 N–H and O–H groups in total. The van der Waals surface area contributed by atoms with Gasteiger partial charge in [0.05, 0.1) is 18.6 Å². The van der Waals surface area contributed by atoms with Crippen LogP contribution in [0.1, 0.15) is 37.5 Å². The average molecular weight is 419 g/mol. The molecule has 0 aromatic heterocycles. The maximum atomic E-state index is 12.6. The maximum Gasteiger partial charge on any atom is 0.241 e. The van der Waals surface area contributed by atoms with Crippen LogP contribution in [-0.4, -0.2) is 33.7 Å². The molecule has 0 heterocycles. The van der Waals surface area contributed by atoms with E-state index in [2.05, 4.69) is 37.4 Å². The molecule has 158 valence electrons. The lowest BCUT2D eigenvalue weighted by Crippen LogP contribution is -2.40. The molecule has 0 aliphatic heterocycles. The monoisotopic (exact) mass is 418 g/mol. The van der Waals surface area contributed by atoms with Gasteiger partial charge in [-0.1, -0.05) is 44.2 Å². The molecule has 0 atom stereocenters. The van der Waals surface area contributed by atoms with E-state index >= 15 is 0 Å². The summed E-state index contributed by atoms with van der Waals surface area (Å²) in [5.41, 5.74) is 3.79. The normalized spacial score (nSPS) is 11.2. The summed E-state index contributed by atoms with van der Waals surface area (Å²) in [6.07, 6.45) is 2.87. The van der Waals surface area contributed by atoms with Crippen molar-refractivity contribution in [2.24, 2.45) is 0 Å². The van der Waals surface area contributed by atoms with Crippen molar-refractivity contribution < 1.29 is 17.9 Å². The number of para-hydroxylation sites is 2. The quantitative estimate of drug-likeness (QED) is 0.642. The predicted octanol–water partition coefficient (Wildman–Crippen LogP) is 3.29. The summed E-state index contributed by atoms with van der Waals surface area (Å²) in [5, 5.41) is 2.86. The van der Waals surface area contributed by atoms with Gasteiger partial charge in [0.1, 0.15) is 12.3 Å². The van der Waals surface area contributed by atoms with Crippen molar-refractivity contribution in [2.75, 3.05) is 23.7 Å². The zero-order valence-corrected chi connectivity index (χ0v) is 18.4. The SMILES string of the molecule is CCOc1ccccc1N(CC(=O)NCc1cc(CC)ccc1CC)S(C)(=O)=O. The van der Waals surface area contributed by atoms with Crippen LogP contribution >= 0.6 is 0 Å². The maximum absolute atomic E-state index is 12.6. The molecule has 0 unspecified atom stereocenters. The number of amides is 1. The van der Waals surface area contributed by atoms with Gasteiger partial charge >= 0.3 is 0 Å². The molecule has 0 aliphatic rings. The zero-order valence-electron chi connectivity index (χ0n) is 17.6. The van der Waals surface area contributed by atoms with Gasteiger partial charge in [-0.25, -0.2) is 8.42 Å². The molecule has 2 rings (SSSR count). The van der Waals surface area contributed by atoms with Crippen LogP contribution in [0.3, 0.4) is 0 Å². The fraction of sp³-hybridized carbons (Fsp3) is 0.409.